The normalized spacial score (nSPS) is 25.0. The highest BCUT2D eigenvalue weighted by Gasteiger charge is 2.58. The Morgan fingerprint density at radius 2 is 2.07 bits per heavy atom. The number of nitrogens with zero attached hydrogens (tertiary/aromatic N) is 3. The summed E-state index contributed by atoms with van der Waals surface area (Å²) in [6, 6.07) is -0.954. The van der Waals surface area contributed by atoms with Crippen molar-refractivity contribution in [2.24, 2.45) is 5.41 Å². The Morgan fingerprint density at radius 1 is 1.40 bits per heavy atom. The van der Waals surface area contributed by atoms with Crippen LogP contribution in [0.3, 0.4) is 0 Å². The molecule has 0 amide bonds. The summed E-state index contributed by atoms with van der Waals surface area (Å²) in [5.74, 6) is -0.617. The van der Waals surface area contributed by atoms with Gasteiger partial charge in [0.25, 0.3) is 17.3 Å². The summed E-state index contributed by atoms with van der Waals surface area (Å²) in [7, 11) is 0. The number of aliphatic hydroxyl groups excluding tert-OH is 1. The number of thioether (sulfide) groups is 1. The number of halogens is 2. The summed E-state index contributed by atoms with van der Waals surface area (Å²) in [5, 5.41) is 10.6. The lowest BCUT2D eigenvalue weighted by atomic mass is 10.00. The number of H-pyrrole nitrogens is 1. The van der Waals surface area contributed by atoms with Gasteiger partial charge in [-0.2, -0.15) is 4.98 Å². The summed E-state index contributed by atoms with van der Waals surface area (Å²) in [6.07, 6.45) is -4.31. The number of rotatable bonds is 12. The number of esters is 1. The van der Waals surface area contributed by atoms with E-state index in [1.165, 1.54) is 6.92 Å². The van der Waals surface area contributed by atoms with Gasteiger partial charge in [0, 0.05) is 11.2 Å². The van der Waals surface area contributed by atoms with Crippen LogP contribution in [0, 0.1) is 5.41 Å². The number of carbonyl (C=O) groups is 2. The molecule has 5 N–H and O–H groups in total. The van der Waals surface area contributed by atoms with Crippen molar-refractivity contribution in [3.63, 3.8) is 0 Å². The van der Waals surface area contributed by atoms with Gasteiger partial charge in [-0.3, -0.25) is 23.9 Å². The molecule has 236 valence electrons. The zero-order valence-electron chi connectivity index (χ0n) is 23.8. The molecule has 3 heterocycles. The highest BCUT2D eigenvalue weighted by Crippen LogP contribution is 2.49. The van der Waals surface area contributed by atoms with Crippen molar-refractivity contribution >= 4 is 70.0 Å². The number of carbonyl (C=O) groups excluding carboxylic acids is 2. The van der Waals surface area contributed by atoms with E-state index in [4.69, 9.17) is 47.7 Å². The number of aromatic amines is 1. The van der Waals surface area contributed by atoms with Crippen LogP contribution in [0.5, 0.6) is 0 Å². The summed E-state index contributed by atoms with van der Waals surface area (Å²) >= 11 is 12.8. The molecule has 1 fully saturated rings. The average molecular weight is 673 g/mol. The molecular weight excluding hydrogens is 638 g/mol. The van der Waals surface area contributed by atoms with E-state index in [9.17, 15) is 19.5 Å². The third-order valence-corrected chi connectivity index (χ3v) is 10.1. The first-order chi connectivity index (χ1) is 19.4. The van der Waals surface area contributed by atoms with Crippen LogP contribution in [0.4, 0.5) is 10.3 Å². The van der Waals surface area contributed by atoms with E-state index < -0.39 is 59.8 Å². The molecule has 6 atom stereocenters. The number of aliphatic hydroxyl groups is 1. The number of nitrogen functional groups attached to an aromatic ring is 1. The highest BCUT2D eigenvalue weighted by molar-refractivity contribution is 8.13. The molecule has 42 heavy (non-hydrogen) atoms. The first-order valence-corrected chi connectivity index (χ1v) is 16.8. The molecule has 1 saturated heterocycles. The molecule has 14 nitrogen and oxygen atoms in total. The number of hydrogen-bond acceptors (Lipinski definition) is 13. The molecule has 1 aliphatic heterocycles. The van der Waals surface area contributed by atoms with Gasteiger partial charge < -0.3 is 29.4 Å². The smallest absolute Gasteiger partial charge is 0.323 e. The van der Waals surface area contributed by atoms with Crippen LogP contribution in [0.2, 0.25) is 0 Å². The van der Waals surface area contributed by atoms with Crippen LogP contribution in [-0.2, 0) is 39.9 Å². The molecule has 0 unspecified atom stereocenters. The number of hydrogen-bond donors (Lipinski definition) is 4. The Morgan fingerprint density at radius 3 is 2.69 bits per heavy atom. The second-order valence-electron chi connectivity index (χ2n) is 10.8. The molecule has 0 aromatic carbocycles. The van der Waals surface area contributed by atoms with E-state index in [0.717, 1.165) is 22.7 Å². The fourth-order valence-corrected chi connectivity index (χ4v) is 7.20. The first kappa shape index (κ1) is 34.8. The fourth-order valence-electron chi connectivity index (χ4n) is 3.64. The summed E-state index contributed by atoms with van der Waals surface area (Å²) in [5.41, 5.74) is 4.13. The van der Waals surface area contributed by atoms with Crippen molar-refractivity contribution in [2.75, 3.05) is 24.7 Å². The van der Waals surface area contributed by atoms with E-state index in [1.807, 2.05) is 0 Å². The lowest BCUT2D eigenvalue weighted by Crippen LogP contribution is -2.39. The van der Waals surface area contributed by atoms with E-state index in [0.29, 0.717) is 0 Å². The van der Waals surface area contributed by atoms with Gasteiger partial charge in [-0.25, -0.2) is 14.5 Å². The van der Waals surface area contributed by atoms with Crippen LogP contribution >= 0.6 is 30.0 Å². The van der Waals surface area contributed by atoms with Crippen molar-refractivity contribution in [2.45, 2.75) is 77.3 Å². The summed E-state index contributed by atoms with van der Waals surface area (Å²) in [6.45, 7) is 6.19. The van der Waals surface area contributed by atoms with Crippen LogP contribution in [0.25, 0.3) is 11.2 Å². The molecule has 0 radical (unpaired) electrons. The fraction of sp³-hybridized carbons (Fsp3) is 0.696. The molecule has 1 aliphatic rings. The molecule has 19 heteroatoms. The molecule has 0 spiro atoms. The first-order valence-electron chi connectivity index (χ1n) is 12.8. The Kier molecular flexibility index (Phi) is 11.2. The van der Waals surface area contributed by atoms with Gasteiger partial charge in [0.1, 0.15) is 18.2 Å². The highest BCUT2D eigenvalue weighted by atomic mass is 35.5. The van der Waals surface area contributed by atoms with E-state index >= 15 is 4.39 Å². The van der Waals surface area contributed by atoms with Gasteiger partial charge in [0.2, 0.25) is 5.95 Å². The number of nitrogens with two attached hydrogens (primary N) is 1. The van der Waals surface area contributed by atoms with Crippen LogP contribution < -0.4 is 16.4 Å². The minimum atomic E-state index is -3.52. The quantitative estimate of drug-likeness (QED) is 0.111. The van der Waals surface area contributed by atoms with Crippen LogP contribution in [0.15, 0.2) is 11.1 Å². The number of nitrogens with one attached hydrogen (secondary N) is 2. The molecule has 3 rings (SSSR count). The monoisotopic (exact) mass is 672 g/mol. The Labute approximate surface area is 255 Å². The minimum Gasteiger partial charge on any atom is -0.462 e. The average Bonchev–Trinajstić information content (AvgIpc) is 3.37. The number of anilines is 1. The standard InChI is InChI=1S/C23H35ClFN6O8PS2/c1-11(2)38-18(34)12(3)30-40(41,36-7-8-42-20(35)22(4,5)6)37-9-13-15(32)23(24,25)19(39-13)31-10-27-14-16(31)28-21(26)29-17(14)33/h10-13,15,19,32H,7-9H2,1-6H3,(H,30,41)(H3,26,28,29,33)/t12-,13-,15-,19-,23+,40-/m1/s1. The second-order valence-corrected chi connectivity index (χ2v) is 15.6. The van der Waals surface area contributed by atoms with Crippen molar-refractivity contribution in [3.05, 3.63) is 16.7 Å². The number of ether oxygens (including phenoxy) is 2. The van der Waals surface area contributed by atoms with Crippen molar-refractivity contribution in [1.82, 2.24) is 24.6 Å². The Hall–Kier alpha value is -1.69. The number of alkyl halides is 2. The van der Waals surface area contributed by atoms with Gasteiger partial charge in [0.05, 0.1) is 25.6 Å². The summed E-state index contributed by atoms with van der Waals surface area (Å²) < 4.78 is 39.3. The molecule has 2 aromatic rings. The number of aromatic nitrogens is 4. The lowest BCUT2D eigenvalue weighted by molar-refractivity contribution is -0.149. The van der Waals surface area contributed by atoms with Gasteiger partial charge in [0.15, 0.2) is 22.5 Å². The lowest BCUT2D eigenvalue weighted by Gasteiger charge is -2.28. The zero-order valence-corrected chi connectivity index (χ0v) is 27.1. The SMILES string of the molecule is CC(C)OC(=O)[C@@H](C)N[P@@](=S)(OCCSC(=O)C(C)(C)C)OC[C@H]1O[C@@H](n2cnc3c(=O)[nH]c(N)nc32)[C@](F)(Cl)[C@@H]1O. The van der Waals surface area contributed by atoms with E-state index in [1.54, 1.807) is 34.6 Å². The van der Waals surface area contributed by atoms with Gasteiger partial charge >= 0.3 is 5.97 Å². The van der Waals surface area contributed by atoms with Crippen LogP contribution in [0.1, 0.15) is 47.8 Å². The van der Waals surface area contributed by atoms with Crippen LogP contribution in [-0.4, -0.2) is 84.2 Å². The maximum absolute atomic E-state index is 15.7. The minimum absolute atomic E-state index is 0.0232. The third-order valence-electron chi connectivity index (χ3n) is 5.74. The molecule has 0 aliphatic carbocycles. The van der Waals surface area contributed by atoms with E-state index in [-0.39, 0.29) is 40.7 Å². The zero-order chi connectivity index (χ0) is 31.6. The molecule has 0 bridgehead atoms. The van der Waals surface area contributed by atoms with Gasteiger partial charge in [-0.1, -0.05) is 44.1 Å². The Bertz CT molecular complexity index is 1400. The second kappa shape index (κ2) is 13.5. The van der Waals surface area contributed by atoms with Gasteiger partial charge in [-0.05, 0) is 32.6 Å². The maximum atomic E-state index is 15.7. The van der Waals surface area contributed by atoms with Crippen molar-refractivity contribution in [1.29, 1.82) is 0 Å². The van der Waals surface area contributed by atoms with E-state index in [2.05, 4.69) is 20.0 Å². The third kappa shape index (κ3) is 8.27. The topological polar surface area (TPSA) is 193 Å². The number of fused-ring (bicyclic) bond motifs is 1. The predicted octanol–water partition coefficient (Wildman–Crippen LogP) is 2.36. The number of imidazole rings is 1. The maximum Gasteiger partial charge on any atom is 0.323 e. The Balaban J connectivity index is 1.77. The molecule has 0 saturated carbocycles. The summed E-state index contributed by atoms with van der Waals surface area (Å²) in [4.78, 5) is 47.0. The predicted molar refractivity (Wildman–Crippen MR) is 159 cm³/mol. The molecular formula is C23H35ClFN6O8PS2. The van der Waals surface area contributed by atoms with Crippen molar-refractivity contribution in [3.8, 4) is 0 Å². The van der Waals surface area contributed by atoms with Crippen molar-refractivity contribution < 1.29 is 37.6 Å². The molecule has 2 aromatic heterocycles. The van der Waals surface area contributed by atoms with Gasteiger partial charge in [-0.15, -0.1) is 0 Å². The largest absolute Gasteiger partial charge is 0.462 e.